The number of carbonyl (C=O) groups is 1. The number of benzene rings is 3. The molecule has 1 heterocycles. The molecule has 0 atom stereocenters. The van der Waals surface area contributed by atoms with E-state index in [1.165, 1.54) is 23.2 Å². The van der Waals surface area contributed by atoms with Crippen molar-refractivity contribution in [3.63, 3.8) is 0 Å². The van der Waals surface area contributed by atoms with Gasteiger partial charge < -0.3 is 9.88 Å². The third-order valence-corrected chi connectivity index (χ3v) is 4.54. The topological polar surface area (TPSA) is 90.1 Å². The van der Waals surface area contributed by atoms with Gasteiger partial charge in [0.1, 0.15) is 5.69 Å². The van der Waals surface area contributed by atoms with E-state index in [1.807, 2.05) is 42.5 Å². The van der Waals surface area contributed by atoms with E-state index in [9.17, 15) is 14.9 Å². The maximum absolute atomic E-state index is 12.6. The third-order valence-electron chi connectivity index (χ3n) is 4.54. The van der Waals surface area contributed by atoms with Gasteiger partial charge in [-0.2, -0.15) is 0 Å². The van der Waals surface area contributed by atoms with Crippen molar-refractivity contribution < 1.29 is 9.72 Å². The zero-order valence-corrected chi connectivity index (χ0v) is 14.8. The van der Waals surface area contributed by atoms with Crippen LogP contribution in [0.15, 0.2) is 79.4 Å². The molecule has 4 rings (SSSR count). The first kappa shape index (κ1) is 17.4. The highest BCUT2D eigenvalue weighted by Gasteiger charge is 2.18. The van der Waals surface area contributed by atoms with Crippen LogP contribution in [-0.2, 0) is 6.54 Å². The Hall–Kier alpha value is -4.00. The number of hydrogen-bond donors (Lipinski definition) is 1. The lowest BCUT2D eigenvalue weighted by Gasteiger charge is -2.10. The van der Waals surface area contributed by atoms with Gasteiger partial charge in [-0.25, -0.2) is 4.98 Å². The second-order valence-electron chi connectivity index (χ2n) is 6.25. The van der Waals surface area contributed by atoms with Crippen molar-refractivity contribution in [1.29, 1.82) is 0 Å². The molecule has 1 amide bonds. The zero-order valence-electron chi connectivity index (χ0n) is 14.8. The Bertz CT molecular complexity index is 1160. The van der Waals surface area contributed by atoms with Gasteiger partial charge in [0.25, 0.3) is 11.6 Å². The van der Waals surface area contributed by atoms with Crippen molar-refractivity contribution in [2.75, 3.05) is 0 Å². The van der Waals surface area contributed by atoms with Crippen molar-refractivity contribution in [1.82, 2.24) is 14.9 Å². The molecule has 0 radical (unpaired) electrons. The zero-order chi connectivity index (χ0) is 19.5. The number of rotatable bonds is 5. The average Bonchev–Trinajstić information content (AvgIpc) is 3.26. The number of imidazole rings is 1. The number of fused-ring (bicyclic) bond motifs is 1. The summed E-state index contributed by atoms with van der Waals surface area (Å²) in [7, 11) is 0. The summed E-state index contributed by atoms with van der Waals surface area (Å²) in [5.74, 6) is -0.367. The van der Waals surface area contributed by atoms with Crippen LogP contribution in [0.5, 0.6) is 0 Å². The minimum atomic E-state index is -0.503. The van der Waals surface area contributed by atoms with Crippen LogP contribution in [0, 0.1) is 10.1 Å². The molecule has 3 aromatic carbocycles. The first-order chi connectivity index (χ1) is 13.6. The summed E-state index contributed by atoms with van der Waals surface area (Å²) in [6.45, 7) is 0.331. The van der Waals surface area contributed by atoms with E-state index in [1.54, 1.807) is 18.3 Å². The van der Waals surface area contributed by atoms with E-state index in [4.69, 9.17) is 0 Å². The van der Waals surface area contributed by atoms with Crippen molar-refractivity contribution in [3.8, 4) is 5.69 Å². The second kappa shape index (κ2) is 7.32. The normalized spacial score (nSPS) is 10.7. The van der Waals surface area contributed by atoms with Crippen LogP contribution in [0.4, 0.5) is 5.69 Å². The van der Waals surface area contributed by atoms with Gasteiger partial charge in [0.05, 0.1) is 11.3 Å². The Labute approximate surface area is 160 Å². The summed E-state index contributed by atoms with van der Waals surface area (Å²) >= 11 is 0. The fourth-order valence-corrected chi connectivity index (χ4v) is 3.16. The maximum atomic E-state index is 12.6. The fourth-order valence-electron chi connectivity index (χ4n) is 3.16. The van der Waals surface area contributed by atoms with E-state index >= 15 is 0 Å². The minimum absolute atomic E-state index is 0.157. The molecule has 1 N–H and O–H groups in total. The van der Waals surface area contributed by atoms with E-state index in [2.05, 4.69) is 10.3 Å². The lowest BCUT2D eigenvalue weighted by molar-refractivity contribution is -0.384. The molecule has 138 valence electrons. The summed E-state index contributed by atoms with van der Waals surface area (Å²) in [4.78, 5) is 27.4. The number of nitrogens with zero attached hydrogens (tertiary/aromatic N) is 3. The maximum Gasteiger partial charge on any atom is 0.294 e. The van der Waals surface area contributed by atoms with Gasteiger partial charge in [-0.05, 0) is 28.5 Å². The quantitative estimate of drug-likeness (QED) is 0.425. The molecule has 0 fully saturated rings. The van der Waals surface area contributed by atoms with Crippen LogP contribution < -0.4 is 5.32 Å². The molecule has 7 nitrogen and oxygen atoms in total. The standard InChI is InChI=1S/C21H16N4O3/c26-21(23-13-17-6-3-5-15-4-1-2-7-18(15)17)16-8-9-19(20(12-16)25(27)28)24-11-10-22-14-24/h1-12,14H,13H2,(H,23,26). The minimum Gasteiger partial charge on any atom is -0.348 e. The van der Waals surface area contributed by atoms with E-state index in [0.717, 1.165) is 16.3 Å². The molecule has 0 spiro atoms. The fraction of sp³-hybridized carbons (Fsp3) is 0.0476. The molecule has 0 aliphatic rings. The van der Waals surface area contributed by atoms with E-state index in [0.29, 0.717) is 12.2 Å². The highest BCUT2D eigenvalue weighted by atomic mass is 16.6. The van der Waals surface area contributed by atoms with Crippen LogP contribution in [-0.4, -0.2) is 20.4 Å². The number of nitro benzene ring substituents is 1. The first-order valence-corrected chi connectivity index (χ1v) is 8.65. The van der Waals surface area contributed by atoms with Crippen LogP contribution >= 0.6 is 0 Å². The molecule has 1 aromatic heterocycles. The second-order valence-corrected chi connectivity index (χ2v) is 6.25. The summed E-state index contributed by atoms with van der Waals surface area (Å²) in [6, 6.07) is 18.2. The largest absolute Gasteiger partial charge is 0.348 e. The average molecular weight is 372 g/mol. The predicted octanol–water partition coefficient (Wildman–Crippen LogP) is 3.86. The van der Waals surface area contributed by atoms with Crippen molar-refractivity contribution in [2.45, 2.75) is 6.54 Å². The molecule has 0 aliphatic carbocycles. The van der Waals surface area contributed by atoms with Crippen molar-refractivity contribution in [3.05, 3.63) is 101 Å². The monoisotopic (exact) mass is 372 g/mol. The Morgan fingerprint density at radius 1 is 1.11 bits per heavy atom. The molecule has 0 aliphatic heterocycles. The summed E-state index contributed by atoms with van der Waals surface area (Å²) < 4.78 is 1.54. The molecular weight excluding hydrogens is 356 g/mol. The van der Waals surface area contributed by atoms with Gasteiger partial charge in [-0.1, -0.05) is 42.5 Å². The Morgan fingerprint density at radius 3 is 2.71 bits per heavy atom. The van der Waals surface area contributed by atoms with Gasteiger partial charge in [0.2, 0.25) is 0 Å². The van der Waals surface area contributed by atoms with Crippen LogP contribution in [0.25, 0.3) is 16.5 Å². The lowest BCUT2D eigenvalue weighted by atomic mass is 10.0. The SMILES string of the molecule is O=C(NCc1cccc2ccccc12)c1ccc(-n2ccnc2)c([N+](=O)[O-])c1. The van der Waals surface area contributed by atoms with Crippen molar-refractivity contribution >= 4 is 22.4 Å². The van der Waals surface area contributed by atoms with Crippen LogP contribution in [0.1, 0.15) is 15.9 Å². The number of hydrogen-bond acceptors (Lipinski definition) is 4. The van der Waals surface area contributed by atoms with Gasteiger partial charge in [-0.3, -0.25) is 14.9 Å². The van der Waals surface area contributed by atoms with Gasteiger partial charge in [-0.15, -0.1) is 0 Å². The van der Waals surface area contributed by atoms with E-state index < -0.39 is 4.92 Å². The molecule has 0 saturated heterocycles. The molecule has 28 heavy (non-hydrogen) atoms. The number of amides is 1. The van der Waals surface area contributed by atoms with Crippen molar-refractivity contribution in [2.24, 2.45) is 0 Å². The highest BCUT2D eigenvalue weighted by Crippen LogP contribution is 2.24. The molecular formula is C21H16N4O3. The smallest absolute Gasteiger partial charge is 0.294 e. The van der Waals surface area contributed by atoms with E-state index in [-0.39, 0.29) is 17.2 Å². The first-order valence-electron chi connectivity index (χ1n) is 8.65. The third kappa shape index (κ3) is 3.33. The van der Waals surface area contributed by atoms with Gasteiger partial charge >= 0.3 is 0 Å². The summed E-state index contributed by atoms with van der Waals surface area (Å²) in [6.07, 6.45) is 4.62. The number of carbonyl (C=O) groups excluding carboxylic acids is 1. The van der Waals surface area contributed by atoms with Crippen LogP contribution in [0.3, 0.4) is 0 Å². The Morgan fingerprint density at radius 2 is 1.93 bits per heavy atom. The van der Waals surface area contributed by atoms with Crippen LogP contribution in [0.2, 0.25) is 0 Å². The summed E-state index contributed by atoms with van der Waals surface area (Å²) in [5, 5.41) is 16.5. The molecule has 0 unspecified atom stereocenters. The van der Waals surface area contributed by atoms with Gasteiger partial charge in [0, 0.05) is 30.6 Å². The summed E-state index contributed by atoms with van der Waals surface area (Å²) in [5.41, 5.74) is 1.41. The molecule has 0 saturated carbocycles. The highest BCUT2D eigenvalue weighted by molar-refractivity contribution is 5.95. The molecule has 4 aromatic rings. The molecule has 7 heteroatoms. The number of nitro groups is 1. The van der Waals surface area contributed by atoms with Gasteiger partial charge in [0.15, 0.2) is 0 Å². The lowest BCUT2D eigenvalue weighted by Crippen LogP contribution is -2.23. The Kier molecular flexibility index (Phi) is 4.55. The number of nitrogens with one attached hydrogen (secondary N) is 1. The predicted molar refractivity (Wildman–Crippen MR) is 105 cm³/mol. The molecule has 0 bridgehead atoms. The number of aromatic nitrogens is 2. The Balaban J connectivity index is 1.58.